The highest BCUT2D eigenvalue weighted by molar-refractivity contribution is 6.38. The van der Waals surface area contributed by atoms with Gasteiger partial charge >= 0.3 is 0 Å². The molecule has 0 saturated carbocycles. The molecule has 2 heterocycles. The molecule has 0 N–H and O–H groups in total. The molecular formula is C13H10Cl2N4. The summed E-state index contributed by atoms with van der Waals surface area (Å²) in [5.74, 6) is 1.01. The molecule has 0 amide bonds. The first kappa shape index (κ1) is 12.4. The van der Waals surface area contributed by atoms with Gasteiger partial charge in [-0.25, -0.2) is 0 Å². The fraction of sp³-hybridized carbons (Fsp3) is 0.154. The zero-order valence-corrected chi connectivity index (χ0v) is 11.9. The predicted octanol–water partition coefficient (Wildman–Crippen LogP) is 3.71. The lowest BCUT2D eigenvalue weighted by atomic mass is 10.0. The highest BCUT2D eigenvalue weighted by atomic mass is 35.5. The van der Waals surface area contributed by atoms with Crippen molar-refractivity contribution in [1.82, 2.24) is 19.6 Å². The number of hydrogen-bond acceptors (Lipinski definition) is 3. The van der Waals surface area contributed by atoms with Crippen LogP contribution in [-0.4, -0.2) is 19.6 Å². The molecule has 2 aromatic heterocycles. The van der Waals surface area contributed by atoms with E-state index in [4.69, 9.17) is 23.2 Å². The van der Waals surface area contributed by atoms with Crippen LogP contribution in [0.2, 0.25) is 10.3 Å². The molecule has 96 valence electrons. The molecule has 0 spiro atoms. The Bertz CT molecular complexity index is 780. The average Bonchev–Trinajstić information content (AvgIpc) is 2.72. The lowest BCUT2D eigenvalue weighted by Gasteiger charge is -2.10. The normalized spacial score (nSPS) is 11.2. The Kier molecular flexibility index (Phi) is 2.92. The van der Waals surface area contributed by atoms with E-state index in [2.05, 4.69) is 15.1 Å². The van der Waals surface area contributed by atoms with Crippen LogP contribution in [0.25, 0.3) is 16.9 Å². The van der Waals surface area contributed by atoms with Crippen molar-refractivity contribution < 1.29 is 0 Å². The number of rotatable bonds is 1. The molecule has 1 aromatic carbocycles. The van der Waals surface area contributed by atoms with Crippen molar-refractivity contribution in [2.24, 2.45) is 0 Å². The molecule has 0 radical (unpaired) electrons. The standard InChI is InChI=1S/C13H10Cl2N4/c1-7-5-3-4-6-9(7)10-11(14)17-13-16-8(2)18-19(13)12(10)15/h3-6H,1-2H3. The van der Waals surface area contributed by atoms with E-state index >= 15 is 0 Å². The van der Waals surface area contributed by atoms with Crippen LogP contribution in [0.3, 0.4) is 0 Å². The van der Waals surface area contributed by atoms with Crippen molar-refractivity contribution in [3.05, 3.63) is 46.0 Å². The van der Waals surface area contributed by atoms with Crippen LogP contribution in [0.5, 0.6) is 0 Å². The van der Waals surface area contributed by atoms with Gasteiger partial charge in [0.2, 0.25) is 0 Å². The molecule has 3 aromatic rings. The number of aryl methyl sites for hydroxylation is 2. The van der Waals surface area contributed by atoms with Crippen LogP contribution < -0.4 is 0 Å². The first-order valence-electron chi connectivity index (χ1n) is 5.72. The van der Waals surface area contributed by atoms with E-state index in [0.29, 0.717) is 27.5 Å². The van der Waals surface area contributed by atoms with Gasteiger partial charge in [-0.2, -0.15) is 14.5 Å². The number of aromatic nitrogens is 4. The van der Waals surface area contributed by atoms with Gasteiger partial charge in [-0.05, 0) is 25.0 Å². The van der Waals surface area contributed by atoms with Gasteiger partial charge in [0.05, 0.1) is 5.56 Å². The Morgan fingerprint density at radius 3 is 2.53 bits per heavy atom. The van der Waals surface area contributed by atoms with Crippen molar-refractivity contribution in [3.63, 3.8) is 0 Å². The second-order valence-electron chi connectivity index (χ2n) is 4.25. The maximum atomic E-state index is 6.40. The third-order valence-corrected chi connectivity index (χ3v) is 3.53. The monoisotopic (exact) mass is 292 g/mol. The summed E-state index contributed by atoms with van der Waals surface area (Å²) in [6, 6.07) is 7.86. The number of fused-ring (bicyclic) bond motifs is 1. The molecule has 0 aliphatic carbocycles. The Morgan fingerprint density at radius 2 is 1.79 bits per heavy atom. The number of benzene rings is 1. The number of hydrogen-bond donors (Lipinski definition) is 0. The molecular weight excluding hydrogens is 283 g/mol. The molecule has 0 fully saturated rings. The highest BCUT2D eigenvalue weighted by Gasteiger charge is 2.17. The summed E-state index contributed by atoms with van der Waals surface area (Å²) >= 11 is 12.7. The van der Waals surface area contributed by atoms with Gasteiger partial charge < -0.3 is 0 Å². The zero-order chi connectivity index (χ0) is 13.6. The van der Waals surface area contributed by atoms with Crippen LogP contribution in [0.4, 0.5) is 0 Å². The van der Waals surface area contributed by atoms with Gasteiger partial charge in [-0.15, -0.1) is 5.10 Å². The van der Waals surface area contributed by atoms with Crippen LogP contribution in [0, 0.1) is 13.8 Å². The minimum Gasteiger partial charge on any atom is -0.198 e. The largest absolute Gasteiger partial charge is 0.255 e. The van der Waals surface area contributed by atoms with E-state index in [-0.39, 0.29) is 0 Å². The lowest BCUT2D eigenvalue weighted by molar-refractivity contribution is 0.918. The second kappa shape index (κ2) is 4.47. The summed E-state index contributed by atoms with van der Waals surface area (Å²) in [7, 11) is 0. The molecule has 4 nitrogen and oxygen atoms in total. The fourth-order valence-corrected chi connectivity index (χ4v) is 2.64. The minimum absolute atomic E-state index is 0.333. The van der Waals surface area contributed by atoms with Gasteiger partial charge in [-0.3, -0.25) is 0 Å². The van der Waals surface area contributed by atoms with E-state index in [1.54, 1.807) is 6.92 Å². The van der Waals surface area contributed by atoms with E-state index < -0.39 is 0 Å². The van der Waals surface area contributed by atoms with E-state index in [9.17, 15) is 0 Å². The topological polar surface area (TPSA) is 43.1 Å². The van der Waals surface area contributed by atoms with Gasteiger partial charge in [0.25, 0.3) is 5.78 Å². The van der Waals surface area contributed by atoms with Crippen molar-refractivity contribution in [2.75, 3.05) is 0 Å². The molecule has 0 bridgehead atoms. The summed E-state index contributed by atoms with van der Waals surface area (Å²) < 4.78 is 1.50. The first-order chi connectivity index (χ1) is 9.08. The van der Waals surface area contributed by atoms with Crippen molar-refractivity contribution in [1.29, 1.82) is 0 Å². The van der Waals surface area contributed by atoms with Crippen LogP contribution >= 0.6 is 23.2 Å². The van der Waals surface area contributed by atoms with Gasteiger partial charge in [0.1, 0.15) is 16.1 Å². The lowest BCUT2D eigenvalue weighted by Crippen LogP contribution is -1.98. The molecule has 0 unspecified atom stereocenters. The van der Waals surface area contributed by atoms with Gasteiger partial charge in [-0.1, -0.05) is 47.5 Å². The number of nitrogens with zero attached hydrogens (tertiary/aromatic N) is 4. The molecule has 6 heteroatoms. The number of halogens is 2. The quantitative estimate of drug-likeness (QED) is 0.642. The van der Waals surface area contributed by atoms with Gasteiger partial charge in [0.15, 0.2) is 0 Å². The van der Waals surface area contributed by atoms with Crippen molar-refractivity contribution >= 4 is 29.0 Å². The van der Waals surface area contributed by atoms with Gasteiger partial charge in [0, 0.05) is 0 Å². The summed E-state index contributed by atoms with van der Waals surface area (Å²) in [6.07, 6.45) is 0. The second-order valence-corrected chi connectivity index (χ2v) is 4.97. The summed E-state index contributed by atoms with van der Waals surface area (Å²) in [6.45, 7) is 3.78. The fourth-order valence-electron chi connectivity index (χ4n) is 2.02. The summed E-state index contributed by atoms with van der Waals surface area (Å²) in [4.78, 5) is 8.41. The molecule has 0 atom stereocenters. The molecule has 0 saturated heterocycles. The van der Waals surface area contributed by atoms with E-state index in [0.717, 1.165) is 11.1 Å². The average molecular weight is 293 g/mol. The maximum absolute atomic E-state index is 6.40. The maximum Gasteiger partial charge on any atom is 0.255 e. The third kappa shape index (κ3) is 1.97. The third-order valence-electron chi connectivity index (χ3n) is 2.91. The van der Waals surface area contributed by atoms with E-state index in [1.807, 2.05) is 31.2 Å². The Morgan fingerprint density at radius 1 is 1.05 bits per heavy atom. The molecule has 19 heavy (non-hydrogen) atoms. The summed E-state index contributed by atoms with van der Waals surface area (Å²) in [5.41, 5.74) is 2.70. The highest BCUT2D eigenvalue weighted by Crippen LogP contribution is 2.35. The van der Waals surface area contributed by atoms with Crippen molar-refractivity contribution in [2.45, 2.75) is 13.8 Å². The first-order valence-corrected chi connectivity index (χ1v) is 6.48. The summed E-state index contributed by atoms with van der Waals surface area (Å²) in [5, 5.41) is 4.98. The molecule has 0 aliphatic heterocycles. The predicted molar refractivity (Wildman–Crippen MR) is 75.7 cm³/mol. The molecule has 0 aliphatic rings. The minimum atomic E-state index is 0.333. The Balaban J connectivity index is 2.38. The Labute approximate surface area is 120 Å². The SMILES string of the molecule is Cc1nc2nc(Cl)c(-c3ccccc3C)c(Cl)n2n1. The van der Waals surface area contributed by atoms with Crippen LogP contribution in [0.15, 0.2) is 24.3 Å². The molecule has 3 rings (SSSR count). The van der Waals surface area contributed by atoms with Crippen molar-refractivity contribution in [3.8, 4) is 11.1 Å². The Hall–Kier alpha value is -1.65. The van der Waals surface area contributed by atoms with Crippen LogP contribution in [0.1, 0.15) is 11.4 Å². The zero-order valence-electron chi connectivity index (χ0n) is 10.4. The van der Waals surface area contributed by atoms with Crippen LogP contribution in [-0.2, 0) is 0 Å². The smallest absolute Gasteiger partial charge is 0.198 e. The van der Waals surface area contributed by atoms with E-state index in [1.165, 1.54) is 4.52 Å².